The lowest BCUT2D eigenvalue weighted by Crippen LogP contribution is -1.99. The Bertz CT molecular complexity index is 635. The number of aliphatic hydroxyl groups is 1. The third-order valence-corrected chi connectivity index (χ3v) is 3.45. The third kappa shape index (κ3) is 1.77. The standard InChI is InChI=1S/C13H8IN3O/c14-13(17)11-10(7(5-15)6-16)8-3-1-2-4-9(8)12(11)18/h1,3,17-18H,2,4H2. The van der Waals surface area contributed by atoms with E-state index in [-0.39, 0.29) is 15.1 Å². The van der Waals surface area contributed by atoms with Crippen molar-refractivity contribution in [3.8, 4) is 12.1 Å². The first-order valence-electron chi connectivity index (χ1n) is 5.24. The van der Waals surface area contributed by atoms with Crippen molar-refractivity contribution in [2.24, 2.45) is 0 Å². The summed E-state index contributed by atoms with van der Waals surface area (Å²) >= 11 is 1.78. The first kappa shape index (κ1) is 12.6. The highest BCUT2D eigenvalue weighted by Crippen LogP contribution is 2.43. The molecule has 0 bridgehead atoms. The monoisotopic (exact) mass is 349 g/mol. The van der Waals surface area contributed by atoms with E-state index in [0.29, 0.717) is 23.1 Å². The minimum atomic E-state index is -0.0606. The summed E-state index contributed by atoms with van der Waals surface area (Å²) in [5.74, 6) is 0.0340. The van der Waals surface area contributed by atoms with E-state index in [1.54, 1.807) is 22.6 Å². The van der Waals surface area contributed by atoms with Crippen molar-refractivity contribution in [2.45, 2.75) is 12.8 Å². The van der Waals surface area contributed by atoms with E-state index in [4.69, 9.17) is 15.9 Å². The molecule has 0 saturated heterocycles. The van der Waals surface area contributed by atoms with Crippen LogP contribution in [0.1, 0.15) is 12.8 Å². The average Bonchev–Trinajstić information content (AvgIpc) is 2.66. The van der Waals surface area contributed by atoms with E-state index in [1.165, 1.54) is 0 Å². The van der Waals surface area contributed by atoms with Crippen molar-refractivity contribution in [1.29, 1.82) is 15.9 Å². The molecule has 0 aromatic carbocycles. The van der Waals surface area contributed by atoms with Crippen molar-refractivity contribution in [3.05, 3.63) is 45.8 Å². The number of nitriles is 2. The molecule has 0 spiro atoms. The second-order valence-corrected chi connectivity index (χ2v) is 4.92. The Balaban J connectivity index is 2.78. The van der Waals surface area contributed by atoms with Crippen LogP contribution in [-0.4, -0.2) is 8.82 Å². The number of allylic oxidation sites excluding steroid dienone is 7. The molecule has 18 heavy (non-hydrogen) atoms. The Morgan fingerprint density at radius 2 is 2.06 bits per heavy atom. The van der Waals surface area contributed by atoms with Gasteiger partial charge in [0.1, 0.15) is 27.2 Å². The zero-order valence-corrected chi connectivity index (χ0v) is 11.4. The lowest BCUT2D eigenvalue weighted by atomic mass is 9.93. The molecule has 0 aromatic rings. The van der Waals surface area contributed by atoms with E-state index in [0.717, 1.165) is 12.0 Å². The van der Waals surface area contributed by atoms with Gasteiger partial charge in [0, 0.05) is 11.1 Å². The van der Waals surface area contributed by atoms with Crippen molar-refractivity contribution in [3.63, 3.8) is 0 Å². The molecule has 0 aliphatic heterocycles. The zero-order chi connectivity index (χ0) is 13.3. The molecule has 0 aromatic heterocycles. The van der Waals surface area contributed by atoms with Gasteiger partial charge in [0.25, 0.3) is 0 Å². The van der Waals surface area contributed by atoms with Gasteiger partial charge in [-0.15, -0.1) is 0 Å². The maximum absolute atomic E-state index is 10.2. The van der Waals surface area contributed by atoms with Gasteiger partial charge in [-0.25, -0.2) is 0 Å². The molecule has 0 radical (unpaired) electrons. The predicted octanol–water partition coefficient (Wildman–Crippen LogP) is 3.21. The smallest absolute Gasteiger partial charge is 0.138 e. The van der Waals surface area contributed by atoms with Gasteiger partial charge in [-0.3, -0.25) is 5.41 Å². The molecular weight excluding hydrogens is 341 g/mol. The van der Waals surface area contributed by atoms with Gasteiger partial charge in [-0.1, -0.05) is 12.2 Å². The van der Waals surface area contributed by atoms with Crippen LogP contribution in [0.15, 0.2) is 45.8 Å². The first-order valence-corrected chi connectivity index (χ1v) is 6.32. The normalized spacial score (nSPS) is 17.4. The Morgan fingerprint density at radius 3 is 2.61 bits per heavy atom. The molecule has 0 fully saturated rings. The maximum Gasteiger partial charge on any atom is 0.138 e. The molecule has 2 aliphatic rings. The summed E-state index contributed by atoms with van der Waals surface area (Å²) < 4.78 is 0.130. The summed E-state index contributed by atoms with van der Waals surface area (Å²) in [6.07, 6.45) is 5.23. The van der Waals surface area contributed by atoms with Gasteiger partial charge in [0.15, 0.2) is 0 Å². The maximum atomic E-state index is 10.2. The van der Waals surface area contributed by atoms with Crippen LogP contribution in [0, 0.1) is 28.1 Å². The summed E-state index contributed by atoms with van der Waals surface area (Å²) in [6.45, 7) is 0. The molecule has 0 unspecified atom stereocenters. The second-order valence-electron chi connectivity index (χ2n) is 3.84. The fourth-order valence-corrected chi connectivity index (χ4v) is 2.68. The number of nitrogens with one attached hydrogen (secondary N) is 1. The van der Waals surface area contributed by atoms with Crippen LogP contribution in [0.2, 0.25) is 0 Å². The van der Waals surface area contributed by atoms with E-state index >= 15 is 0 Å². The third-order valence-electron chi connectivity index (χ3n) is 2.91. The second kappa shape index (κ2) is 4.79. The van der Waals surface area contributed by atoms with Crippen molar-refractivity contribution < 1.29 is 5.11 Å². The molecule has 5 heteroatoms. The molecule has 0 heterocycles. The quantitative estimate of drug-likeness (QED) is 0.433. The molecule has 0 amide bonds. The molecular formula is C13H8IN3O. The van der Waals surface area contributed by atoms with Gasteiger partial charge in [-0.2, -0.15) is 10.5 Å². The number of hydrogen-bond donors (Lipinski definition) is 2. The van der Waals surface area contributed by atoms with E-state index in [1.807, 2.05) is 24.3 Å². The lowest BCUT2D eigenvalue weighted by molar-refractivity contribution is 0.418. The van der Waals surface area contributed by atoms with Crippen molar-refractivity contribution >= 4 is 26.3 Å². The van der Waals surface area contributed by atoms with E-state index in [2.05, 4.69) is 0 Å². The zero-order valence-electron chi connectivity index (χ0n) is 9.29. The Kier molecular flexibility index (Phi) is 3.35. The Morgan fingerprint density at radius 1 is 1.39 bits per heavy atom. The summed E-state index contributed by atoms with van der Waals surface area (Å²) in [5, 5.41) is 35.9. The Labute approximate surface area is 118 Å². The van der Waals surface area contributed by atoms with Crippen LogP contribution in [0.3, 0.4) is 0 Å². The van der Waals surface area contributed by atoms with Crippen LogP contribution >= 0.6 is 22.6 Å². The topological polar surface area (TPSA) is 91.7 Å². The number of hydrogen-bond acceptors (Lipinski definition) is 4. The minimum absolute atomic E-state index is 0.0340. The van der Waals surface area contributed by atoms with Crippen LogP contribution in [0.4, 0.5) is 0 Å². The number of aliphatic hydroxyl groups excluding tert-OH is 1. The molecule has 0 atom stereocenters. The van der Waals surface area contributed by atoms with Crippen LogP contribution in [0.25, 0.3) is 0 Å². The molecule has 2 N–H and O–H groups in total. The summed E-state index contributed by atoms with van der Waals surface area (Å²) in [7, 11) is 0. The molecule has 2 aliphatic carbocycles. The largest absolute Gasteiger partial charge is 0.507 e. The highest BCUT2D eigenvalue weighted by Gasteiger charge is 2.32. The number of rotatable bonds is 1. The summed E-state index contributed by atoms with van der Waals surface area (Å²) in [6, 6.07) is 3.67. The van der Waals surface area contributed by atoms with Crippen LogP contribution in [0.5, 0.6) is 0 Å². The fraction of sp³-hybridized carbons (Fsp3) is 0.154. The predicted molar refractivity (Wildman–Crippen MR) is 75.1 cm³/mol. The van der Waals surface area contributed by atoms with Crippen LogP contribution < -0.4 is 0 Å². The van der Waals surface area contributed by atoms with E-state index < -0.39 is 0 Å². The summed E-state index contributed by atoms with van der Waals surface area (Å²) in [5.41, 5.74) is 2.06. The van der Waals surface area contributed by atoms with Crippen LogP contribution in [-0.2, 0) is 0 Å². The average molecular weight is 349 g/mol. The highest BCUT2D eigenvalue weighted by molar-refractivity contribution is 14.1. The van der Waals surface area contributed by atoms with E-state index in [9.17, 15) is 5.11 Å². The molecule has 0 saturated carbocycles. The van der Waals surface area contributed by atoms with Gasteiger partial charge in [-0.05, 0) is 41.0 Å². The number of nitrogens with zero attached hydrogens (tertiary/aromatic N) is 2. The highest BCUT2D eigenvalue weighted by atomic mass is 127. The number of halogens is 1. The molecule has 4 nitrogen and oxygen atoms in total. The fourth-order valence-electron chi connectivity index (χ4n) is 2.16. The van der Waals surface area contributed by atoms with Gasteiger partial charge in [0.05, 0.1) is 5.57 Å². The minimum Gasteiger partial charge on any atom is -0.507 e. The van der Waals surface area contributed by atoms with Gasteiger partial charge >= 0.3 is 0 Å². The van der Waals surface area contributed by atoms with Gasteiger partial charge < -0.3 is 5.11 Å². The first-order chi connectivity index (χ1) is 8.61. The summed E-state index contributed by atoms with van der Waals surface area (Å²) in [4.78, 5) is 0. The molecule has 2 rings (SSSR count). The lowest BCUT2D eigenvalue weighted by Gasteiger charge is -2.09. The van der Waals surface area contributed by atoms with Crippen molar-refractivity contribution in [1.82, 2.24) is 0 Å². The Hall–Kier alpha value is -1.86. The van der Waals surface area contributed by atoms with Crippen molar-refractivity contribution in [2.75, 3.05) is 0 Å². The molecule has 88 valence electrons. The SMILES string of the molecule is N#CC(C#N)=C1C2=C(CCC=C2)C(O)=C1C(=N)I. The van der Waals surface area contributed by atoms with Gasteiger partial charge in [0.2, 0.25) is 0 Å².